The molecule has 242 valence electrons. The molecule has 1 aromatic carbocycles. The zero-order valence-corrected chi connectivity index (χ0v) is 28.2. The van der Waals surface area contributed by atoms with Crippen molar-refractivity contribution in [3.05, 3.63) is 28.9 Å². The van der Waals surface area contributed by atoms with E-state index in [2.05, 4.69) is 0 Å². The monoisotopic (exact) mass is 641 g/mol. The molecule has 0 saturated carbocycles. The predicted molar refractivity (Wildman–Crippen MR) is 170 cm³/mol. The number of methoxy groups -OCH3 is 1. The third kappa shape index (κ3) is 9.01. The van der Waals surface area contributed by atoms with Crippen molar-refractivity contribution in [1.82, 2.24) is 14.4 Å². The van der Waals surface area contributed by atoms with Crippen LogP contribution in [0, 0.1) is 0 Å². The lowest BCUT2D eigenvalue weighted by atomic mass is 10.0. The van der Waals surface area contributed by atoms with Crippen LogP contribution in [0.1, 0.15) is 77.7 Å². The predicted octanol–water partition coefficient (Wildman–Crippen LogP) is 5.78. The molecule has 0 radical (unpaired) electrons. The van der Waals surface area contributed by atoms with Crippen LogP contribution in [0.4, 0.5) is 4.79 Å². The third-order valence-corrected chi connectivity index (χ3v) is 9.54. The summed E-state index contributed by atoms with van der Waals surface area (Å²) in [7, 11) is -1.56. The van der Waals surface area contributed by atoms with Gasteiger partial charge in [-0.15, -0.1) is 0 Å². The Kier molecular flexibility index (Phi) is 12.2. The lowest BCUT2D eigenvalue weighted by molar-refractivity contribution is 0.00733. The Morgan fingerprint density at radius 3 is 2.51 bits per heavy atom. The average Bonchev–Trinajstić information content (AvgIpc) is 3.22. The number of hydrogen-bond donors (Lipinski definition) is 0. The number of aryl methyl sites for hydroxylation is 1. The van der Waals surface area contributed by atoms with Gasteiger partial charge in [-0.3, -0.25) is 4.79 Å². The van der Waals surface area contributed by atoms with Crippen molar-refractivity contribution in [1.29, 1.82) is 0 Å². The number of amides is 2. The second kappa shape index (κ2) is 15.0. The molecule has 1 saturated heterocycles. The van der Waals surface area contributed by atoms with Crippen LogP contribution in [0.2, 0.25) is 5.02 Å². The van der Waals surface area contributed by atoms with Gasteiger partial charge in [-0.1, -0.05) is 30.7 Å². The smallest absolute Gasteiger partial charge is 0.410 e. The highest BCUT2D eigenvalue weighted by atomic mass is 35.5. The van der Waals surface area contributed by atoms with Crippen molar-refractivity contribution < 1.29 is 32.2 Å². The number of unbranched alkanes of at least 4 members (excludes halogenated alkanes) is 1. The molecule has 1 aromatic heterocycles. The highest BCUT2D eigenvalue weighted by Gasteiger charge is 2.37. The highest BCUT2D eigenvalue weighted by Crippen LogP contribution is 2.38. The maximum absolute atomic E-state index is 14.5. The molecule has 2 aromatic rings. The average molecular weight is 642 g/mol. The van der Waals surface area contributed by atoms with Gasteiger partial charge in [0.15, 0.2) is 9.84 Å². The summed E-state index contributed by atoms with van der Waals surface area (Å²) in [4.78, 5) is 30.9. The SMILES string of the molecule is CCS(=O)(=O)CCOc1cccc2c(Cl)c(C(=O)N(C(C)C)[C@@H]3CCCN(C(=O)OC(C)(C)C)C3)n(CCCCOC)c12. The topological polar surface area (TPSA) is 107 Å². The van der Waals surface area contributed by atoms with Crippen LogP contribution in [0.25, 0.3) is 10.9 Å². The number of rotatable bonds is 13. The number of ether oxygens (including phenoxy) is 3. The molecule has 12 heteroatoms. The summed E-state index contributed by atoms with van der Waals surface area (Å²) in [6.45, 7) is 13.0. The number of piperidine rings is 1. The Bertz CT molecular complexity index is 1370. The first-order chi connectivity index (χ1) is 20.2. The Morgan fingerprint density at radius 2 is 1.88 bits per heavy atom. The van der Waals surface area contributed by atoms with Crippen molar-refractivity contribution in [2.24, 2.45) is 0 Å². The number of benzene rings is 1. The normalized spacial score (nSPS) is 16.1. The Hall–Kier alpha value is -2.50. The summed E-state index contributed by atoms with van der Waals surface area (Å²) < 4.78 is 43.0. The van der Waals surface area contributed by atoms with E-state index in [1.54, 1.807) is 31.1 Å². The quantitative estimate of drug-likeness (QED) is 0.255. The fraction of sp³-hybridized carbons (Fsp3) is 0.677. The van der Waals surface area contributed by atoms with Crippen molar-refractivity contribution >= 4 is 44.3 Å². The van der Waals surface area contributed by atoms with E-state index < -0.39 is 15.4 Å². The number of sulfone groups is 1. The molecule has 0 N–H and O–H groups in total. The van der Waals surface area contributed by atoms with Gasteiger partial charge in [0.25, 0.3) is 5.91 Å². The van der Waals surface area contributed by atoms with E-state index >= 15 is 0 Å². The van der Waals surface area contributed by atoms with Crippen LogP contribution in [0.5, 0.6) is 5.75 Å². The summed E-state index contributed by atoms with van der Waals surface area (Å²) in [6.07, 6.45) is 2.61. The Balaban J connectivity index is 2.02. The molecule has 0 aliphatic carbocycles. The molecule has 1 aliphatic heterocycles. The highest BCUT2D eigenvalue weighted by molar-refractivity contribution is 7.91. The lowest BCUT2D eigenvalue weighted by Gasteiger charge is -2.41. The van der Waals surface area contributed by atoms with E-state index in [1.165, 1.54) is 0 Å². The number of halogens is 1. The number of fused-ring (bicyclic) bond motifs is 1. The van der Waals surface area contributed by atoms with Gasteiger partial charge in [0.05, 0.1) is 22.3 Å². The summed E-state index contributed by atoms with van der Waals surface area (Å²) >= 11 is 7.01. The molecule has 3 rings (SSSR count). The minimum atomic E-state index is -3.21. The number of aromatic nitrogens is 1. The van der Waals surface area contributed by atoms with Crippen molar-refractivity contribution in [2.75, 3.05) is 44.9 Å². The van der Waals surface area contributed by atoms with Gasteiger partial charge >= 0.3 is 6.09 Å². The van der Waals surface area contributed by atoms with Gasteiger partial charge in [-0.25, -0.2) is 13.2 Å². The fourth-order valence-electron chi connectivity index (χ4n) is 5.44. The largest absolute Gasteiger partial charge is 0.490 e. The molecule has 43 heavy (non-hydrogen) atoms. The minimum absolute atomic E-state index is 0.00820. The van der Waals surface area contributed by atoms with E-state index in [-0.39, 0.29) is 42.2 Å². The van der Waals surface area contributed by atoms with Gasteiger partial charge in [-0.05, 0) is 66.4 Å². The first kappa shape index (κ1) is 35.0. The summed E-state index contributed by atoms with van der Waals surface area (Å²) in [5.41, 5.74) is 0.398. The molecule has 1 atom stereocenters. The van der Waals surface area contributed by atoms with Gasteiger partial charge in [0.2, 0.25) is 0 Å². The maximum atomic E-state index is 14.5. The molecule has 2 amide bonds. The molecular weight excluding hydrogens is 594 g/mol. The molecule has 1 fully saturated rings. The van der Waals surface area contributed by atoms with E-state index in [0.29, 0.717) is 53.6 Å². The molecule has 1 aliphatic rings. The number of carbonyl (C=O) groups excluding carboxylic acids is 2. The maximum Gasteiger partial charge on any atom is 0.410 e. The second-order valence-electron chi connectivity index (χ2n) is 12.3. The van der Waals surface area contributed by atoms with Crippen molar-refractivity contribution in [2.45, 2.75) is 91.5 Å². The molecule has 0 unspecified atom stereocenters. The zero-order valence-electron chi connectivity index (χ0n) is 26.7. The second-order valence-corrected chi connectivity index (χ2v) is 15.1. The van der Waals surface area contributed by atoms with Crippen LogP contribution in [-0.2, 0) is 25.9 Å². The van der Waals surface area contributed by atoms with E-state index in [4.69, 9.17) is 25.8 Å². The number of carbonyl (C=O) groups is 2. The molecule has 10 nitrogen and oxygen atoms in total. The molecule has 0 spiro atoms. The minimum Gasteiger partial charge on any atom is -0.490 e. The fourth-order valence-corrected chi connectivity index (χ4v) is 6.40. The Labute approximate surface area is 261 Å². The van der Waals surface area contributed by atoms with Gasteiger partial charge in [0.1, 0.15) is 23.7 Å². The van der Waals surface area contributed by atoms with Gasteiger partial charge in [-0.2, -0.15) is 0 Å². The number of likely N-dealkylation sites (tertiary alicyclic amines) is 1. The van der Waals surface area contributed by atoms with Gasteiger partial charge < -0.3 is 28.6 Å². The molecule has 0 bridgehead atoms. The Morgan fingerprint density at radius 1 is 1.16 bits per heavy atom. The van der Waals surface area contributed by atoms with Crippen molar-refractivity contribution in [3.8, 4) is 5.75 Å². The van der Waals surface area contributed by atoms with Crippen molar-refractivity contribution in [3.63, 3.8) is 0 Å². The van der Waals surface area contributed by atoms with Crippen LogP contribution in [0.3, 0.4) is 0 Å². The standard InChI is InChI=1S/C31H48ClN3O7S/c1-8-43(38,39)20-19-41-25-15-11-14-24-26(32)28(34(27(24)25)17-9-10-18-40-7)29(36)35(22(2)3)23-13-12-16-33(21-23)30(37)42-31(4,5)6/h11,14-15,22-23H,8-10,12-13,16-21H2,1-7H3/t23-/m1/s1. The summed E-state index contributed by atoms with van der Waals surface area (Å²) in [6, 6.07) is 5.03. The van der Waals surface area contributed by atoms with E-state index in [0.717, 1.165) is 25.7 Å². The van der Waals surface area contributed by atoms with Crippen LogP contribution >= 0.6 is 11.6 Å². The molecular formula is C31H48ClN3O7S. The van der Waals surface area contributed by atoms with Crippen LogP contribution in [-0.4, -0.2) is 97.4 Å². The molecule has 2 heterocycles. The third-order valence-electron chi connectivity index (χ3n) is 7.49. The van der Waals surface area contributed by atoms with Gasteiger partial charge in [0, 0.05) is 50.5 Å². The van der Waals surface area contributed by atoms with Crippen LogP contribution in [0.15, 0.2) is 18.2 Å². The number of nitrogens with zero attached hydrogens (tertiary/aromatic N) is 3. The summed E-state index contributed by atoms with van der Waals surface area (Å²) in [5.74, 6) is 0.184. The van der Waals surface area contributed by atoms with Crippen LogP contribution < -0.4 is 4.74 Å². The van der Waals surface area contributed by atoms with E-state index in [1.807, 2.05) is 50.2 Å². The van der Waals surface area contributed by atoms with E-state index in [9.17, 15) is 18.0 Å². The number of hydrogen-bond acceptors (Lipinski definition) is 7. The summed E-state index contributed by atoms with van der Waals surface area (Å²) in [5, 5.41) is 0.985. The lowest BCUT2D eigenvalue weighted by Crippen LogP contribution is -2.54. The first-order valence-electron chi connectivity index (χ1n) is 15.1. The zero-order chi connectivity index (χ0) is 31.9. The first-order valence-corrected chi connectivity index (χ1v) is 17.3. The number of para-hydroxylation sites is 1.